The molecule has 0 aromatic heterocycles. The number of rotatable bonds is 1. The van der Waals surface area contributed by atoms with E-state index in [-0.39, 0.29) is 5.75 Å². The Morgan fingerprint density at radius 2 is 2.19 bits per heavy atom. The summed E-state index contributed by atoms with van der Waals surface area (Å²) in [6, 6.07) is 6.16. The highest BCUT2D eigenvalue weighted by Gasteiger charge is 2.11. The standard InChI is InChI=1S/C10H11N3O2S/c14-8-4-2-1-3-7(8)12-9(15)13-10-11-5-6-16-10/h1-4,14H,5-6H2,(H2,11,12,13,15). The highest BCUT2D eigenvalue weighted by Crippen LogP contribution is 2.21. The van der Waals surface area contributed by atoms with Gasteiger partial charge in [0.2, 0.25) is 0 Å². The minimum absolute atomic E-state index is 0.0404. The van der Waals surface area contributed by atoms with E-state index in [4.69, 9.17) is 0 Å². The number of nitrogens with one attached hydrogen (secondary N) is 2. The number of nitrogens with zero attached hydrogens (tertiary/aromatic N) is 1. The van der Waals surface area contributed by atoms with Gasteiger partial charge in [-0.05, 0) is 12.1 Å². The summed E-state index contributed by atoms with van der Waals surface area (Å²) in [5.41, 5.74) is 0.378. The fourth-order valence-electron chi connectivity index (χ4n) is 1.24. The zero-order valence-electron chi connectivity index (χ0n) is 8.43. The number of carbonyl (C=O) groups is 1. The maximum absolute atomic E-state index is 11.5. The van der Waals surface area contributed by atoms with Crippen LogP contribution in [0.5, 0.6) is 5.75 Å². The molecule has 0 bridgehead atoms. The number of urea groups is 1. The number of aromatic hydroxyl groups is 1. The first-order valence-corrected chi connectivity index (χ1v) is 5.77. The van der Waals surface area contributed by atoms with Crippen LogP contribution >= 0.6 is 11.8 Å². The summed E-state index contributed by atoms with van der Waals surface area (Å²) in [6.45, 7) is 0.733. The van der Waals surface area contributed by atoms with Crippen molar-refractivity contribution in [3.8, 4) is 5.75 Å². The largest absolute Gasteiger partial charge is 0.506 e. The Balaban J connectivity index is 1.94. The molecular formula is C10H11N3O2S. The third-order valence-corrected chi connectivity index (χ3v) is 2.85. The third kappa shape index (κ3) is 2.66. The summed E-state index contributed by atoms with van der Waals surface area (Å²) in [5.74, 6) is 0.935. The number of aliphatic imine (C=N–C) groups is 1. The Morgan fingerprint density at radius 1 is 1.38 bits per heavy atom. The van der Waals surface area contributed by atoms with Crippen LogP contribution in [0.25, 0.3) is 0 Å². The molecule has 2 amide bonds. The van der Waals surface area contributed by atoms with Gasteiger partial charge in [-0.2, -0.15) is 0 Å². The van der Waals surface area contributed by atoms with E-state index in [1.165, 1.54) is 17.8 Å². The van der Waals surface area contributed by atoms with Gasteiger partial charge < -0.3 is 10.4 Å². The van der Waals surface area contributed by atoms with Crippen LogP contribution in [0.3, 0.4) is 0 Å². The molecule has 6 heteroatoms. The van der Waals surface area contributed by atoms with E-state index < -0.39 is 6.03 Å². The average Bonchev–Trinajstić information content (AvgIpc) is 2.74. The number of hydrogen-bond donors (Lipinski definition) is 3. The van der Waals surface area contributed by atoms with Crippen LogP contribution in [0, 0.1) is 0 Å². The lowest BCUT2D eigenvalue weighted by Crippen LogP contribution is -2.31. The van der Waals surface area contributed by atoms with Gasteiger partial charge in [0.25, 0.3) is 0 Å². The predicted molar refractivity (Wildman–Crippen MR) is 65.0 cm³/mol. The van der Waals surface area contributed by atoms with Gasteiger partial charge in [-0.3, -0.25) is 10.3 Å². The Hall–Kier alpha value is -1.69. The number of benzene rings is 1. The van der Waals surface area contributed by atoms with Gasteiger partial charge >= 0.3 is 6.03 Å². The first kappa shape index (κ1) is 10.8. The quantitative estimate of drug-likeness (QED) is 0.650. The van der Waals surface area contributed by atoms with Crippen LogP contribution in [-0.4, -0.2) is 28.6 Å². The molecule has 0 saturated heterocycles. The van der Waals surface area contributed by atoms with Crippen molar-refractivity contribution in [1.29, 1.82) is 0 Å². The summed E-state index contributed by atoms with van der Waals surface area (Å²) < 4.78 is 0. The highest BCUT2D eigenvalue weighted by atomic mass is 32.2. The molecule has 0 fully saturated rings. The summed E-state index contributed by atoms with van der Waals surface area (Å²) in [6.07, 6.45) is 0. The van der Waals surface area contributed by atoms with Crippen LogP contribution in [0.4, 0.5) is 10.5 Å². The minimum Gasteiger partial charge on any atom is -0.506 e. The molecule has 1 aliphatic rings. The monoisotopic (exact) mass is 237 g/mol. The van der Waals surface area contributed by atoms with Crippen molar-refractivity contribution in [2.24, 2.45) is 4.99 Å². The number of carbonyl (C=O) groups excluding carboxylic acids is 1. The van der Waals surface area contributed by atoms with Gasteiger partial charge in [0.15, 0.2) is 5.17 Å². The number of phenols is 1. The second-order valence-corrected chi connectivity index (χ2v) is 4.22. The summed E-state index contributed by atoms with van der Waals surface area (Å²) in [4.78, 5) is 15.6. The second-order valence-electron chi connectivity index (χ2n) is 3.13. The van der Waals surface area contributed by atoms with Gasteiger partial charge in [-0.1, -0.05) is 23.9 Å². The van der Waals surface area contributed by atoms with Gasteiger partial charge in [0.05, 0.1) is 12.2 Å². The molecule has 84 valence electrons. The van der Waals surface area contributed by atoms with Crippen molar-refractivity contribution >= 4 is 28.6 Å². The van der Waals surface area contributed by atoms with E-state index in [2.05, 4.69) is 15.6 Å². The van der Waals surface area contributed by atoms with Crippen molar-refractivity contribution in [2.45, 2.75) is 0 Å². The Morgan fingerprint density at radius 3 is 2.88 bits per heavy atom. The molecule has 1 aromatic rings. The fraction of sp³-hybridized carbons (Fsp3) is 0.200. The van der Waals surface area contributed by atoms with Crippen molar-refractivity contribution in [3.05, 3.63) is 24.3 Å². The molecule has 1 heterocycles. The molecule has 5 nitrogen and oxygen atoms in total. The predicted octanol–water partition coefficient (Wildman–Crippen LogP) is 1.62. The minimum atomic E-state index is -0.394. The first-order valence-electron chi connectivity index (χ1n) is 4.79. The van der Waals surface area contributed by atoms with Crippen LogP contribution in [-0.2, 0) is 0 Å². The molecule has 0 atom stereocenters. The molecule has 1 aliphatic heterocycles. The molecule has 0 spiro atoms. The first-order chi connectivity index (χ1) is 7.75. The maximum atomic E-state index is 11.5. The summed E-state index contributed by atoms with van der Waals surface area (Å²) in [7, 11) is 0. The maximum Gasteiger partial charge on any atom is 0.325 e. The lowest BCUT2D eigenvalue weighted by Gasteiger charge is -2.07. The summed E-state index contributed by atoms with van der Waals surface area (Å²) >= 11 is 1.50. The molecule has 0 aliphatic carbocycles. The molecule has 1 aromatic carbocycles. The van der Waals surface area contributed by atoms with Gasteiger partial charge in [-0.15, -0.1) is 0 Å². The number of phenolic OH excluding ortho intramolecular Hbond substituents is 1. The van der Waals surface area contributed by atoms with Crippen LogP contribution < -0.4 is 10.6 Å². The van der Waals surface area contributed by atoms with Crippen molar-refractivity contribution in [3.63, 3.8) is 0 Å². The average molecular weight is 237 g/mol. The highest BCUT2D eigenvalue weighted by molar-refractivity contribution is 8.14. The van der Waals surface area contributed by atoms with Crippen molar-refractivity contribution in [1.82, 2.24) is 5.32 Å². The van der Waals surface area contributed by atoms with E-state index in [0.29, 0.717) is 10.9 Å². The van der Waals surface area contributed by atoms with E-state index in [1.807, 2.05) is 0 Å². The number of thioether (sulfide) groups is 1. The van der Waals surface area contributed by atoms with Gasteiger partial charge in [0, 0.05) is 5.75 Å². The summed E-state index contributed by atoms with van der Waals surface area (Å²) in [5, 5.41) is 15.2. The molecule has 2 rings (SSSR count). The molecule has 16 heavy (non-hydrogen) atoms. The lowest BCUT2D eigenvalue weighted by atomic mass is 10.3. The number of hydrogen-bond acceptors (Lipinski definition) is 4. The third-order valence-electron chi connectivity index (χ3n) is 1.96. The van der Waals surface area contributed by atoms with Gasteiger partial charge in [0.1, 0.15) is 5.75 Å². The fourth-order valence-corrected chi connectivity index (χ4v) is 1.96. The number of anilines is 1. The SMILES string of the molecule is O=C(NC1=NCCS1)Nc1ccccc1O. The molecule has 3 N–H and O–H groups in total. The number of amides is 2. The molecule has 0 unspecified atom stereocenters. The smallest absolute Gasteiger partial charge is 0.325 e. The topological polar surface area (TPSA) is 73.7 Å². The number of para-hydroxylation sites is 2. The van der Waals surface area contributed by atoms with E-state index in [1.54, 1.807) is 18.2 Å². The number of amidine groups is 1. The van der Waals surface area contributed by atoms with Crippen LogP contribution in [0.15, 0.2) is 29.3 Å². The Kier molecular flexibility index (Phi) is 3.31. The Bertz CT molecular complexity index is 434. The second kappa shape index (κ2) is 4.89. The molecule has 0 saturated carbocycles. The zero-order valence-corrected chi connectivity index (χ0v) is 9.25. The van der Waals surface area contributed by atoms with E-state index in [9.17, 15) is 9.90 Å². The molecular weight excluding hydrogens is 226 g/mol. The van der Waals surface area contributed by atoms with Crippen LogP contribution in [0.2, 0.25) is 0 Å². The van der Waals surface area contributed by atoms with Gasteiger partial charge in [-0.25, -0.2) is 4.79 Å². The van der Waals surface area contributed by atoms with Crippen molar-refractivity contribution in [2.75, 3.05) is 17.6 Å². The van der Waals surface area contributed by atoms with Crippen LogP contribution in [0.1, 0.15) is 0 Å². The van der Waals surface area contributed by atoms with Crippen molar-refractivity contribution < 1.29 is 9.90 Å². The lowest BCUT2D eigenvalue weighted by molar-refractivity contribution is 0.256. The van der Waals surface area contributed by atoms with E-state index >= 15 is 0 Å². The normalized spacial score (nSPS) is 14.4. The zero-order chi connectivity index (χ0) is 11.4. The molecule has 0 radical (unpaired) electrons. The Labute approximate surface area is 97.0 Å². The van der Waals surface area contributed by atoms with E-state index in [0.717, 1.165) is 12.3 Å².